The maximum atomic E-state index is 11.1. The lowest BCUT2D eigenvalue weighted by Gasteiger charge is -2.58. The first kappa shape index (κ1) is 9.95. The molecule has 1 fully saturated rings. The highest BCUT2D eigenvalue weighted by atomic mass is 16.1. The van der Waals surface area contributed by atoms with Gasteiger partial charge in [-0.2, -0.15) is 0 Å². The molecule has 0 amide bonds. The maximum Gasteiger partial charge on any atom is 0.129 e. The highest BCUT2D eigenvalue weighted by Crippen LogP contribution is 2.61. The molecule has 0 radical (unpaired) electrons. The molecular formula is C13H20O. The fourth-order valence-electron chi connectivity index (χ4n) is 3.14. The van der Waals surface area contributed by atoms with Crippen molar-refractivity contribution in [2.24, 2.45) is 22.7 Å². The average Bonchev–Trinajstić information content (AvgIpc) is 2.17. The smallest absolute Gasteiger partial charge is 0.129 e. The SMILES string of the molecule is CC(C)(C=O)C1=CCC2CC1C2(C)C. The van der Waals surface area contributed by atoms with Crippen LogP contribution in [-0.2, 0) is 4.79 Å². The van der Waals surface area contributed by atoms with E-state index in [4.69, 9.17) is 0 Å². The minimum absolute atomic E-state index is 0.243. The first-order valence-corrected chi connectivity index (χ1v) is 5.56. The zero-order valence-corrected chi connectivity index (χ0v) is 9.63. The van der Waals surface area contributed by atoms with Gasteiger partial charge >= 0.3 is 0 Å². The molecule has 1 heteroatoms. The molecule has 2 bridgehead atoms. The lowest BCUT2D eigenvalue weighted by atomic mass is 9.46. The van der Waals surface area contributed by atoms with Crippen LogP contribution in [0.5, 0.6) is 0 Å². The Morgan fingerprint density at radius 1 is 1.50 bits per heavy atom. The van der Waals surface area contributed by atoms with E-state index in [1.165, 1.54) is 18.4 Å². The molecule has 0 saturated heterocycles. The molecule has 3 aliphatic rings. The van der Waals surface area contributed by atoms with Gasteiger partial charge in [-0.3, -0.25) is 0 Å². The predicted octanol–water partition coefficient (Wildman–Crippen LogP) is 3.20. The zero-order valence-electron chi connectivity index (χ0n) is 9.63. The van der Waals surface area contributed by atoms with Crippen LogP contribution in [0.25, 0.3) is 0 Å². The molecule has 0 aromatic rings. The second-order valence-corrected chi connectivity index (χ2v) is 6.04. The molecule has 3 rings (SSSR count). The minimum Gasteiger partial charge on any atom is -0.302 e. The third-order valence-corrected chi connectivity index (χ3v) is 4.51. The summed E-state index contributed by atoms with van der Waals surface area (Å²) in [4.78, 5) is 11.1. The van der Waals surface area contributed by atoms with Crippen LogP contribution in [-0.4, -0.2) is 6.29 Å². The monoisotopic (exact) mass is 192 g/mol. The van der Waals surface area contributed by atoms with Crippen LogP contribution in [0.3, 0.4) is 0 Å². The molecule has 14 heavy (non-hydrogen) atoms. The number of rotatable bonds is 2. The summed E-state index contributed by atoms with van der Waals surface area (Å²) in [5.74, 6) is 1.51. The lowest BCUT2D eigenvalue weighted by Crippen LogP contribution is -2.50. The second-order valence-electron chi connectivity index (χ2n) is 6.04. The minimum atomic E-state index is -0.243. The number of carbonyl (C=O) groups excluding carboxylic acids is 1. The van der Waals surface area contributed by atoms with Gasteiger partial charge in [0.1, 0.15) is 6.29 Å². The van der Waals surface area contributed by atoms with E-state index in [0.29, 0.717) is 11.3 Å². The van der Waals surface area contributed by atoms with Gasteiger partial charge in [-0.1, -0.05) is 25.5 Å². The molecule has 0 aromatic carbocycles. The van der Waals surface area contributed by atoms with Crippen molar-refractivity contribution in [2.45, 2.75) is 40.5 Å². The standard InChI is InChI=1S/C13H20O/c1-12(2,8-14)10-6-5-9-7-11(10)13(9,3)4/h6,8-9,11H,5,7H2,1-4H3. The van der Waals surface area contributed by atoms with Crippen molar-refractivity contribution in [1.29, 1.82) is 0 Å². The van der Waals surface area contributed by atoms with Crippen LogP contribution in [0.1, 0.15) is 40.5 Å². The van der Waals surface area contributed by atoms with Crippen LogP contribution >= 0.6 is 0 Å². The van der Waals surface area contributed by atoms with Crippen LogP contribution < -0.4 is 0 Å². The van der Waals surface area contributed by atoms with Crippen molar-refractivity contribution in [3.8, 4) is 0 Å². The van der Waals surface area contributed by atoms with Crippen LogP contribution in [0.4, 0.5) is 0 Å². The van der Waals surface area contributed by atoms with Gasteiger partial charge in [0.15, 0.2) is 0 Å². The number of fused-ring (bicyclic) bond motifs is 1. The predicted molar refractivity (Wildman–Crippen MR) is 57.9 cm³/mol. The van der Waals surface area contributed by atoms with Crippen molar-refractivity contribution in [1.82, 2.24) is 0 Å². The van der Waals surface area contributed by atoms with E-state index >= 15 is 0 Å². The Morgan fingerprint density at radius 3 is 2.57 bits per heavy atom. The van der Waals surface area contributed by atoms with Crippen molar-refractivity contribution in [2.75, 3.05) is 0 Å². The van der Waals surface area contributed by atoms with Crippen molar-refractivity contribution >= 4 is 6.29 Å². The third kappa shape index (κ3) is 1.11. The molecule has 78 valence electrons. The Hall–Kier alpha value is -0.590. The Morgan fingerprint density at radius 2 is 2.14 bits per heavy atom. The van der Waals surface area contributed by atoms with Crippen molar-refractivity contribution in [3.63, 3.8) is 0 Å². The Balaban J connectivity index is 2.31. The molecule has 3 aliphatic carbocycles. The molecule has 1 nitrogen and oxygen atoms in total. The number of hydrogen-bond acceptors (Lipinski definition) is 1. The van der Waals surface area contributed by atoms with Gasteiger partial charge < -0.3 is 4.79 Å². The Bertz CT molecular complexity index is 296. The van der Waals surface area contributed by atoms with Crippen LogP contribution in [0.2, 0.25) is 0 Å². The van der Waals surface area contributed by atoms with Gasteiger partial charge in [-0.05, 0) is 43.9 Å². The van der Waals surface area contributed by atoms with Crippen molar-refractivity contribution in [3.05, 3.63) is 11.6 Å². The fraction of sp³-hybridized carbons (Fsp3) is 0.769. The summed E-state index contributed by atoms with van der Waals surface area (Å²) >= 11 is 0. The zero-order chi connectivity index (χ0) is 10.6. The summed E-state index contributed by atoms with van der Waals surface area (Å²) in [6.45, 7) is 8.78. The summed E-state index contributed by atoms with van der Waals surface area (Å²) < 4.78 is 0. The molecule has 2 unspecified atom stereocenters. The summed E-state index contributed by atoms with van der Waals surface area (Å²) in [5.41, 5.74) is 1.58. The van der Waals surface area contributed by atoms with Gasteiger partial charge in [-0.25, -0.2) is 0 Å². The molecule has 0 aromatic heterocycles. The largest absolute Gasteiger partial charge is 0.302 e. The van der Waals surface area contributed by atoms with Crippen LogP contribution in [0, 0.1) is 22.7 Å². The third-order valence-electron chi connectivity index (χ3n) is 4.51. The average molecular weight is 192 g/mol. The molecule has 2 atom stereocenters. The normalized spacial score (nSPS) is 34.4. The number of aldehydes is 1. The topological polar surface area (TPSA) is 17.1 Å². The number of hydrogen-bond donors (Lipinski definition) is 0. The fourth-order valence-corrected chi connectivity index (χ4v) is 3.14. The van der Waals surface area contributed by atoms with E-state index in [2.05, 4.69) is 19.9 Å². The van der Waals surface area contributed by atoms with Gasteiger partial charge in [0.25, 0.3) is 0 Å². The Kier molecular flexibility index (Phi) is 1.93. The highest BCUT2D eigenvalue weighted by Gasteiger charge is 2.53. The van der Waals surface area contributed by atoms with Gasteiger partial charge in [0.05, 0.1) is 0 Å². The van der Waals surface area contributed by atoms with E-state index in [-0.39, 0.29) is 5.41 Å². The first-order chi connectivity index (χ1) is 6.39. The molecule has 0 heterocycles. The van der Waals surface area contributed by atoms with Crippen molar-refractivity contribution < 1.29 is 4.79 Å². The quantitative estimate of drug-likeness (QED) is 0.485. The molecular weight excluding hydrogens is 172 g/mol. The summed E-state index contributed by atoms with van der Waals surface area (Å²) in [6, 6.07) is 0. The van der Waals surface area contributed by atoms with E-state index in [0.717, 1.165) is 12.2 Å². The molecule has 0 N–H and O–H groups in total. The van der Waals surface area contributed by atoms with E-state index in [1.54, 1.807) is 0 Å². The molecule has 1 saturated carbocycles. The molecule has 0 spiro atoms. The van der Waals surface area contributed by atoms with E-state index < -0.39 is 0 Å². The Labute approximate surface area is 86.6 Å². The summed E-state index contributed by atoms with van der Waals surface area (Å²) in [7, 11) is 0. The van der Waals surface area contributed by atoms with Crippen LogP contribution in [0.15, 0.2) is 11.6 Å². The first-order valence-electron chi connectivity index (χ1n) is 5.56. The van der Waals surface area contributed by atoms with Gasteiger partial charge in [0, 0.05) is 5.41 Å². The number of allylic oxidation sites excluding steroid dienone is 2. The lowest BCUT2D eigenvalue weighted by molar-refractivity contribution is -0.115. The summed E-state index contributed by atoms with van der Waals surface area (Å²) in [6.07, 6.45) is 5.90. The van der Waals surface area contributed by atoms with E-state index in [1.807, 2.05) is 13.8 Å². The second kappa shape index (κ2) is 2.71. The summed E-state index contributed by atoms with van der Waals surface area (Å²) in [5, 5.41) is 0. The number of carbonyl (C=O) groups is 1. The molecule has 0 aliphatic heterocycles. The van der Waals surface area contributed by atoms with Gasteiger partial charge in [-0.15, -0.1) is 0 Å². The highest BCUT2D eigenvalue weighted by molar-refractivity contribution is 5.64. The maximum absolute atomic E-state index is 11.1. The van der Waals surface area contributed by atoms with Gasteiger partial charge in [0.2, 0.25) is 0 Å². The van der Waals surface area contributed by atoms with E-state index in [9.17, 15) is 4.79 Å².